The standard InChI is InChI=1S/C25H34N4O4/c1-19-17-21(9-12-24(19)29(31)32)26-20-7-10-23(11-8-20)33-18-25(30)28-15-13-27(14-16-28)22-5-3-2-4-6-22/h2-6,9,12,17,20,23,26,31-32H,7-8,10-11,13-16,18H2,1H3. The van der Waals surface area contributed by atoms with Crippen LogP contribution < -0.4 is 15.4 Å². The summed E-state index contributed by atoms with van der Waals surface area (Å²) in [7, 11) is 0. The molecule has 3 N–H and O–H groups in total. The number of amides is 1. The molecule has 2 aliphatic rings. The van der Waals surface area contributed by atoms with E-state index in [1.807, 2.05) is 42.2 Å². The summed E-state index contributed by atoms with van der Waals surface area (Å²) in [6.07, 6.45) is 3.91. The molecule has 1 heterocycles. The first-order valence-corrected chi connectivity index (χ1v) is 11.7. The molecule has 0 atom stereocenters. The number of benzene rings is 2. The third kappa shape index (κ3) is 6.16. The molecule has 0 unspecified atom stereocenters. The number of nitrogens with zero attached hydrogens (tertiary/aromatic N) is 3. The molecular formula is C25H34N4O4. The summed E-state index contributed by atoms with van der Waals surface area (Å²) < 4.78 is 5.98. The normalized spacial score (nSPS) is 21.1. The number of piperazine rings is 1. The molecule has 4 rings (SSSR count). The fourth-order valence-electron chi connectivity index (χ4n) is 4.71. The van der Waals surface area contributed by atoms with Crippen LogP contribution in [0.25, 0.3) is 0 Å². The van der Waals surface area contributed by atoms with Crippen molar-refractivity contribution < 1.29 is 19.9 Å². The number of hydrogen-bond acceptors (Lipinski definition) is 7. The molecule has 2 aromatic rings. The lowest BCUT2D eigenvalue weighted by Crippen LogP contribution is -2.50. The van der Waals surface area contributed by atoms with Gasteiger partial charge in [-0.2, -0.15) is 0 Å². The molecule has 8 heteroatoms. The number of carbonyl (C=O) groups is 1. The van der Waals surface area contributed by atoms with Crippen LogP contribution in [0.3, 0.4) is 0 Å². The van der Waals surface area contributed by atoms with Crippen LogP contribution in [0.4, 0.5) is 17.1 Å². The van der Waals surface area contributed by atoms with E-state index < -0.39 is 0 Å². The number of aryl methyl sites for hydroxylation is 1. The molecular weight excluding hydrogens is 420 g/mol. The van der Waals surface area contributed by atoms with E-state index in [0.29, 0.717) is 11.7 Å². The summed E-state index contributed by atoms with van der Waals surface area (Å²) in [4.78, 5) is 16.9. The minimum Gasteiger partial charge on any atom is -0.382 e. The number of rotatable bonds is 7. The van der Waals surface area contributed by atoms with Crippen molar-refractivity contribution in [3.05, 3.63) is 54.1 Å². The molecule has 0 spiro atoms. The maximum atomic E-state index is 12.6. The Morgan fingerprint density at radius 3 is 2.36 bits per heavy atom. The number of hydrogen-bond donors (Lipinski definition) is 3. The molecule has 178 valence electrons. The lowest BCUT2D eigenvalue weighted by Gasteiger charge is -2.36. The molecule has 1 saturated carbocycles. The highest BCUT2D eigenvalue weighted by Crippen LogP contribution is 2.27. The predicted octanol–water partition coefficient (Wildman–Crippen LogP) is 3.67. The summed E-state index contributed by atoms with van der Waals surface area (Å²) >= 11 is 0. The van der Waals surface area contributed by atoms with E-state index in [2.05, 4.69) is 22.3 Å². The van der Waals surface area contributed by atoms with Crippen LogP contribution in [0.1, 0.15) is 31.2 Å². The molecule has 1 aliphatic carbocycles. The van der Waals surface area contributed by atoms with Crippen molar-refractivity contribution >= 4 is 23.0 Å². The summed E-state index contributed by atoms with van der Waals surface area (Å²) in [6, 6.07) is 16.1. The zero-order valence-electron chi connectivity index (χ0n) is 19.2. The van der Waals surface area contributed by atoms with Crippen LogP contribution in [-0.2, 0) is 9.53 Å². The maximum Gasteiger partial charge on any atom is 0.248 e. The quantitative estimate of drug-likeness (QED) is 0.550. The first-order valence-electron chi connectivity index (χ1n) is 11.7. The van der Waals surface area contributed by atoms with Crippen molar-refractivity contribution in [3.8, 4) is 0 Å². The molecule has 1 aliphatic heterocycles. The van der Waals surface area contributed by atoms with Gasteiger partial charge in [-0.25, -0.2) is 0 Å². The van der Waals surface area contributed by atoms with Crippen molar-refractivity contribution in [1.82, 2.24) is 4.90 Å². The Kier molecular flexibility index (Phi) is 7.69. The highest BCUT2D eigenvalue weighted by molar-refractivity contribution is 5.77. The molecule has 0 bridgehead atoms. The Balaban J connectivity index is 1.16. The van der Waals surface area contributed by atoms with Crippen LogP contribution in [0.2, 0.25) is 0 Å². The van der Waals surface area contributed by atoms with Crippen LogP contribution in [-0.4, -0.2) is 66.2 Å². The zero-order valence-corrected chi connectivity index (χ0v) is 19.2. The first-order chi connectivity index (χ1) is 16.0. The number of anilines is 3. The maximum absolute atomic E-state index is 12.6. The monoisotopic (exact) mass is 454 g/mol. The van der Waals surface area contributed by atoms with E-state index in [-0.39, 0.29) is 23.8 Å². The van der Waals surface area contributed by atoms with E-state index in [4.69, 9.17) is 4.74 Å². The van der Waals surface area contributed by atoms with Crippen LogP contribution in [0.15, 0.2) is 48.5 Å². The minimum absolute atomic E-state index is 0.0836. The van der Waals surface area contributed by atoms with Crippen LogP contribution in [0.5, 0.6) is 0 Å². The van der Waals surface area contributed by atoms with E-state index >= 15 is 0 Å². The predicted molar refractivity (Wildman–Crippen MR) is 128 cm³/mol. The Hall–Kier alpha value is -2.81. The van der Waals surface area contributed by atoms with Crippen LogP contribution >= 0.6 is 0 Å². The third-order valence-electron chi connectivity index (χ3n) is 6.65. The number of para-hydroxylation sites is 1. The van der Waals surface area contributed by atoms with Crippen molar-refractivity contribution in [2.45, 2.75) is 44.8 Å². The number of nitrogens with one attached hydrogen (secondary N) is 1. The smallest absolute Gasteiger partial charge is 0.248 e. The molecule has 1 saturated heterocycles. The van der Waals surface area contributed by atoms with Gasteiger partial charge in [-0.15, -0.1) is 5.23 Å². The lowest BCUT2D eigenvalue weighted by molar-refractivity contribution is -0.139. The second kappa shape index (κ2) is 10.9. The van der Waals surface area contributed by atoms with Gasteiger partial charge in [-0.1, -0.05) is 18.2 Å². The average Bonchev–Trinajstić information content (AvgIpc) is 2.84. The van der Waals surface area contributed by atoms with Crippen molar-refractivity contribution in [2.24, 2.45) is 0 Å². The molecule has 33 heavy (non-hydrogen) atoms. The summed E-state index contributed by atoms with van der Waals surface area (Å²) in [5.74, 6) is 0.0836. The van der Waals surface area contributed by atoms with Gasteiger partial charge in [0.05, 0.1) is 11.8 Å². The van der Waals surface area contributed by atoms with Gasteiger partial charge in [-0.05, 0) is 68.5 Å². The van der Waals surface area contributed by atoms with Gasteiger partial charge in [0.1, 0.15) is 6.61 Å². The van der Waals surface area contributed by atoms with E-state index in [0.717, 1.165) is 63.1 Å². The van der Waals surface area contributed by atoms with Gasteiger partial charge in [-0.3, -0.25) is 15.2 Å². The third-order valence-corrected chi connectivity index (χ3v) is 6.65. The van der Waals surface area contributed by atoms with Gasteiger partial charge in [0, 0.05) is 43.6 Å². The van der Waals surface area contributed by atoms with Crippen molar-refractivity contribution in [3.63, 3.8) is 0 Å². The Morgan fingerprint density at radius 1 is 1.03 bits per heavy atom. The van der Waals surface area contributed by atoms with Gasteiger partial charge < -0.3 is 19.9 Å². The van der Waals surface area contributed by atoms with E-state index in [1.54, 1.807) is 6.07 Å². The van der Waals surface area contributed by atoms with Gasteiger partial charge in [0.2, 0.25) is 5.91 Å². The van der Waals surface area contributed by atoms with Crippen LogP contribution in [0, 0.1) is 6.92 Å². The molecule has 0 aromatic heterocycles. The first kappa shape index (κ1) is 23.4. The lowest BCUT2D eigenvalue weighted by atomic mass is 9.92. The number of ether oxygens (including phenoxy) is 1. The van der Waals surface area contributed by atoms with Crippen molar-refractivity contribution in [1.29, 1.82) is 0 Å². The highest BCUT2D eigenvalue weighted by atomic mass is 16.8. The second-order valence-corrected chi connectivity index (χ2v) is 8.92. The molecule has 0 radical (unpaired) electrons. The SMILES string of the molecule is Cc1cc(NC2CCC(OCC(=O)N3CCN(c4ccccc4)CC3)CC2)ccc1N(O)O. The Morgan fingerprint density at radius 2 is 1.73 bits per heavy atom. The van der Waals surface area contributed by atoms with Gasteiger partial charge in [0.25, 0.3) is 0 Å². The minimum atomic E-state index is 0.0836. The molecule has 1 amide bonds. The fourth-order valence-corrected chi connectivity index (χ4v) is 4.71. The average molecular weight is 455 g/mol. The van der Waals surface area contributed by atoms with Crippen molar-refractivity contribution in [2.75, 3.05) is 48.2 Å². The van der Waals surface area contributed by atoms with E-state index in [1.165, 1.54) is 5.69 Å². The topological polar surface area (TPSA) is 88.5 Å². The Bertz CT molecular complexity index is 908. The number of carbonyl (C=O) groups excluding carboxylic acids is 1. The highest BCUT2D eigenvalue weighted by Gasteiger charge is 2.25. The fraction of sp³-hybridized carbons (Fsp3) is 0.480. The largest absolute Gasteiger partial charge is 0.382 e. The summed E-state index contributed by atoms with van der Waals surface area (Å²) in [5.41, 5.74) is 3.32. The molecule has 2 aromatic carbocycles. The molecule has 2 fully saturated rings. The van der Waals surface area contributed by atoms with E-state index in [9.17, 15) is 15.2 Å². The second-order valence-electron chi connectivity index (χ2n) is 8.92. The zero-order chi connectivity index (χ0) is 23.2. The van der Waals surface area contributed by atoms with Gasteiger partial charge in [0.15, 0.2) is 0 Å². The Labute approximate surface area is 195 Å². The molecule has 8 nitrogen and oxygen atoms in total. The summed E-state index contributed by atoms with van der Waals surface area (Å²) in [5, 5.41) is 22.1. The van der Waals surface area contributed by atoms with Gasteiger partial charge >= 0.3 is 0 Å². The summed E-state index contributed by atoms with van der Waals surface area (Å²) in [6.45, 7) is 5.16.